The Morgan fingerprint density at radius 3 is 2.85 bits per heavy atom. The van der Waals surface area contributed by atoms with Crippen molar-refractivity contribution >= 4 is 17.2 Å². The Kier molecular flexibility index (Phi) is 5.55. The van der Waals surface area contributed by atoms with Gasteiger partial charge >= 0.3 is 5.82 Å². The monoisotopic (exact) mass is 383 g/mol. The Morgan fingerprint density at radius 1 is 1.30 bits per heavy atom. The highest BCUT2D eigenvalue weighted by Crippen LogP contribution is 2.14. The average molecular weight is 384 g/mol. The van der Waals surface area contributed by atoms with Crippen LogP contribution in [0.2, 0.25) is 0 Å². The minimum Gasteiger partial charge on any atom is -0.330 e. The van der Waals surface area contributed by atoms with Crippen LogP contribution >= 0.6 is 11.3 Å². The summed E-state index contributed by atoms with van der Waals surface area (Å²) in [7, 11) is 0. The third-order valence-corrected chi connectivity index (χ3v) is 5.53. The number of carbonyl (C=O) groups is 1. The van der Waals surface area contributed by atoms with Gasteiger partial charge in [0.1, 0.15) is 11.2 Å². The summed E-state index contributed by atoms with van der Waals surface area (Å²) in [6.45, 7) is 4.40. The predicted molar refractivity (Wildman–Crippen MR) is 103 cm³/mol. The first-order valence-corrected chi connectivity index (χ1v) is 10.1. The lowest BCUT2D eigenvalue weighted by Crippen LogP contribution is -2.38. The van der Waals surface area contributed by atoms with E-state index in [1.807, 2.05) is 40.9 Å². The quantitative estimate of drug-likeness (QED) is 0.633. The molecule has 1 N–H and O–H groups in total. The number of aromatic amines is 1. The maximum absolute atomic E-state index is 13.1. The summed E-state index contributed by atoms with van der Waals surface area (Å²) < 4.78 is 1.80. The number of pyridine rings is 1. The third kappa shape index (κ3) is 4.40. The van der Waals surface area contributed by atoms with Gasteiger partial charge in [0, 0.05) is 36.9 Å². The standard InChI is InChI=1S/C19H22N6OS/c26-19(16-4-5-17(21-14-16)25-10-3-6-22-25)24(15-18-20-7-13-27-18)12-11-23-8-1-2-9-23/h3-7,10,13-14H,1-2,8-9,11-12,15H2/p+1. The highest BCUT2D eigenvalue weighted by atomic mass is 32.1. The van der Waals surface area contributed by atoms with Gasteiger partial charge in [-0.25, -0.2) is 10.1 Å². The fourth-order valence-electron chi connectivity index (χ4n) is 3.29. The minimum absolute atomic E-state index is 0.0000624. The van der Waals surface area contributed by atoms with E-state index in [1.165, 1.54) is 12.8 Å². The molecule has 1 aliphatic heterocycles. The molecule has 0 saturated carbocycles. The topological polar surface area (TPSA) is 69.0 Å². The van der Waals surface area contributed by atoms with E-state index in [4.69, 9.17) is 0 Å². The maximum Gasteiger partial charge on any atom is 0.346 e. The molecule has 0 atom stereocenters. The summed E-state index contributed by atoms with van der Waals surface area (Å²) in [6.07, 6.45) is 9.65. The summed E-state index contributed by atoms with van der Waals surface area (Å²) in [4.78, 5) is 26.2. The van der Waals surface area contributed by atoms with Crippen LogP contribution in [0.5, 0.6) is 0 Å². The van der Waals surface area contributed by atoms with Crippen molar-refractivity contribution in [2.75, 3.05) is 26.2 Å². The van der Waals surface area contributed by atoms with Crippen molar-refractivity contribution in [2.24, 2.45) is 0 Å². The first kappa shape index (κ1) is 17.8. The van der Waals surface area contributed by atoms with E-state index in [2.05, 4.69) is 20.0 Å². The molecule has 3 aromatic heterocycles. The molecule has 0 unspecified atom stereocenters. The van der Waals surface area contributed by atoms with Gasteiger partial charge in [0.25, 0.3) is 5.91 Å². The van der Waals surface area contributed by atoms with E-state index in [0.29, 0.717) is 18.7 Å². The molecule has 7 nitrogen and oxygen atoms in total. The Morgan fingerprint density at radius 2 is 2.19 bits per heavy atom. The van der Waals surface area contributed by atoms with Gasteiger partial charge in [-0.15, -0.1) is 16.0 Å². The average Bonchev–Trinajstić information content (AvgIpc) is 3.48. The Balaban J connectivity index is 1.48. The van der Waals surface area contributed by atoms with E-state index in [0.717, 1.165) is 30.5 Å². The van der Waals surface area contributed by atoms with Gasteiger partial charge in [-0.3, -0.25) is 4.79 Å². The summed E-state index contributed by atoms with van der Waals surface area (Å²) in [6, 6.07) is 5.59. The first-order chi connectivity index (χ1) is 13.3. The van der Waals surface area contributed by atoms with Gasteiger partial charge in [0.05, 0.1) is 12.1 Å². The van der Waals surface area contributed by atoms with E-state index in [1.54, 1.807) is 28.4 Å². The van der Waals surface area contributed by atoms with Gasteiger partial charge in [-0.1, -0.05) is 0 Å². The molecule has 1 amide bonds. The fraction of sp³-hybridized carbons (Fsp3) is 0.368. The summed E-state index contributed by atoms with van der Waals surface area (Å²) >= 11 is 1.58. The normalized spacial score (nSPS) is 14.5. The number of H-pyrrole nitrogens is 1. The lowest BCUT2D eigenvalue weighted by atomic mass is 10.2. The molecular weight excluding hydrogens is 360 g/mol. The Bertz CT molecular complexity index is 841. The second-order valence-electron chi connectivity index (χ2n) is 6.61. The first-order valence-electron chi connectivity index (χ1n) is 9.21. The number of hydrogen-bond acceptors (Lipinski definition) is 5. The third-order valence-electron chi connectivity index (χ3n) is 4.77. The van der Waals surface area contributed by atoms with Crippen molar-refractivity contribution in [1.82, 2.24) is 24.9 Å². The second kappa shape index (κ2) is 8.41. The highest BCUT2D eigenvalue weighted by Gasteiger charge is 2.21. The molecule has 0 bridgehead atoms. The fourth-order valence-corrected chi connectivity index (χ4v) is 3.92. The zero-order valence-corrected chi connectivity index (χ0v) is 15.9. The lowest BCUT2D eigenvalue weighted by Gasteiger charge is -2.24. The number of aromatic nitrogens is 4. The molecule has 4 heterocycles. The Labute approximate surface area is 162 Å². The van der Waals surface area contributed by atoms with Crippen LogP contribution < -0.4 is 4.68 Å². The van der Waals surface area contributed by atoms with Crippen LogP contribution in [-0.4, -0.2) is 57.0 Å². The molecular formula is C19H23N6OS+. The number of amides is 1. The van der Waals surface area contributed by atoms with Crippen molar-refractivity contribution in [3.8, 4) is 5.82 Å². The number of nitrogens with zero attached hydrogens (tertiary/aromatic N) is 5. The molecule has 0 radical (unpaired) electrons. The molecule has 1 saturated heterocycles. The zero-order valence-electron chi connectivity index (χ0n) is 15.1. The van der Waals surface area contributed by atoms with Crippen LogP contribution in [0.3, 0.4) is 0 Å². The number of hydrogen-bond donors (Lipinski definition) is 1. The van der Waals surface area contributed by atoms with Crippen molar-refractivity contribution in [3.05, 3.63) is 58.9 Å². The lowest BCUT2D eigenvalue weighted by molar-refractivity contribution is -0.658. The molecule has 0 aromatic carbocycles. The van der Waals surface area contributed by atoms with Crippen LogP contribution in [0.25, 0.3) is 5.82 Å². The number of carbonyl (C=O) groups excluding carboxylic acids is 1. The maximum atomic E-state index is 13.1. The van der Waals surface area contributed by atoms with Crippen molar-refractivity contribution in [1.29, 1.82) is 0 Å². The number of thiazole rings is 1. The molecule has 0 aliphatic carbocycles. The highest BCUT2D eigenvalue weighted by molar-refractivity contribution is 7.09. The van der Waals surface area contributed by atoms with Crippen LogP contribution in [0.15, 0.2) is 48.4 Å². The number of rotatable bonds is 7. The minimum atomic E-state index is -0.0000624. The van der Waals surface area contributed by atoms with E-state index in [9.17, 15) is 4.79 Å². The van der Waals surface area contributed by atoms with Gasteiger partial charge in [-0.2, -0.15) is 0 Å². The van der Waals surface area contributed by atoms with Gasteiger partial charge in [0.15, 0.2) is 6.20 Å². The van der Waals surface area contributed by atoms with Crippen LogP contribution in [-0.2, 0) is 6.54 Å². The smallest absolute Gasteiger partial charge is 0.330 e. The SMILES string of the molecule is O=C(c1ccc(-[n+]2ccc[nH]2)nc1)N(CCN1CCCC1)Cc1nccs1. The summed E-state index contributed by atoms with van der Waals surface area (Å²) in [5, 5.41) is 5.95. The molecule has 140 valence electrons. The van der Waals surface area contributed by atoms with Gasteiger partial charge in [-0.05, 0) is 43.0 Å². The van der Waals surface area contributed by atoms with Gasteiger partial charge < -0.3 is 9.80 Å². The largest absolute Gasteiger partial charge is 0.346 e. The van der Waals surface area contributed by atoms with Crippen LogP contribution in [0, 0.1) is 0 Å². The van der Waals surface area contributed by atoms with E-state index < -0.39 is 0 Å². The zero-order chi connectivity index (χ0) is 18.5. The molecule has 27 heavy (non-hydrogen) atoms. The van der Waals surface area contributed by atoms with E-state index in [-0.39, 0.29) is 5.91 Å². The molecule has 3 aromatic rings. The summed E-state index contributed by atoms with van der Waals surface area (Å²) in [5.41, 5.74) is 0.601. The molecule has 0 spiro atoms. The predicted octanol–water partition coefficient (Wildman–Crippen LogP) is 1.88. The van der Waals surface area contributed by atoms with Crippen LogP contribution in [0.4, 0.5) is 0 Å². The Hall–Kier alpha value is -2.58. The number of likely N-dealkylation sites (tertiary alicyclic amines) is 1. The molecule has 4 rings (SSSR count). The van der Waals surface area contributed by atoms with Crippen molar-refractivity contribution in [3.63, 3.8) is 0 Å². The molecule has 1 fully saturated rings. The van der Waals surface area contributed by atoms with Crippen molar-refractivity contribution < 1.29 is 9.48 Å². The molecule has 1 aliphatic rings. The van der Waals surface area contributed by atoms with Crippen molar-refractivity contribution in [2.45, 2.75) is 19.4 Å². The molecule has 8 heteroatoms. The second-order valence-corrected chi connectivity index (χ2v) is 7.59. The van der Waals surface area contributed by atoms with Crippen LogP contribution in [0.1, 0.15) is 28.2 Å². The van der Waals surface area contributed by atoms with Gasteiger partial charge in [0.2, 0.25) is 0 Å². The summed E-state index contributed by atoms with van der Waals surface area (Å²) in [5.74, 6) is 0.750. The van der Waals surface area contributed by atoms with E-state index >= 15 is 0 Å². The number of nitrogens with one attached hydrogen (secondary N) is 1.